The normalized spacial score (nSPS) is 24.9. The SMILES string of the molecule is CC(C)COC1CCN(C(=O)C2CC(c3ccc(F)cc3)NN2)CC1. The Labute approximate surface area is 148 Å². The van der Waals surface area contributed by atoms with Gasteiger partial charge in [-0.1, -0.05) is 26.0 Å². The highest BCUT2D eigenvalue weighted by molar-refractivity contribution is 5.82. The van der Waals surface area contributed by atoms with Gasteiger partial charge in [-0.3, -0.25) is 4.79 Å². The second-order valence-electron chi connectivity index (χ2n) is 7.43. The summed E-state index contributed by atoms with van der Waals surface area (Å²) in [6.45, 7) is 6.58. The van der Waals surface area contributed by atoms with Crippen LogP contribution < -0.4 is 10.9 Å². The van der Waals surface area contributed by atoms with Gasteiger partial charge in [0.15, 0.2) is 0 Å². The van der Waals surface area contributed by atoms with Crippen molar-refractivity contribution in [3.8, 4) is 0 Å². The molecule has 6 heteroatoms. The molecule has 1 amide bonds. The van der Waals surface area contributed by atoms with Gasteiger partial charge in [-0.05, 0) is 42.9 Å². The number of amides is 1. The fourth-order valence-corrected chi connectivity index (χ4v) is 3.42. The summed E-state index contributed by atoms with van der Waals surface area (Å²) in [5, 5.41) is 0. The number of carbonyl (C=O) groups excluding carboxylic acids is 1. The molecule has 2 N–H and O–H groups in total. The van der Waals surface area contributed by atoms with Crippen molar-refractivity contribution in [2.75, 3.05) is 19.7 Å². The molecule has 25 heavy (non-hydrogen) atoms. The molecule has 0 spiro atoms. The Kier molecular flexibility index (Phi) is 6.04. The van der Waals surface area contributed by atoms with Gasteiger partial charge in [0.25, 0.3) is 0 Å². The van der Waals surface area contributed by atoms with Crippen LogP contribution >= 0.6 is 0 Å². The molecule has 2 aliphatic heterocycles. The van der Waals surface area contributed by atoms with E-state index in [1.165, 1.54) is 12.1 Å². The van der Waals surface area contributed by atoms with Crippen LogP contribution in [0.15, 0.2) is 24.3 Å². The van der Waals surface area contributed by atoms with E-state index in [-0.39, 0.29) is 29.9 Å². The van der Waals surface area contributed by atoms with E-state index in [1.807, 2.05) is 4.90 Å². The number of nitrogens with one attached hydrogen (secondary N) is 2. The molecule has 2 saturated heterocycles. The minimum absolute atomic E-state index is 0.0291. The average molecular weight is 349 g/mol. The molecule has 0 bridgehead atoms. The average Bonchev–Trinajstić information content (AvgIpc) is 3.10. The molecule has 138 valence electrons. The summed E-state index contributed by atoms with van der Waals surface area (Å²) in [5.41, 5.74) is 7.25. The Morgan fingerprint density at radius 3 is 2.56 bits per heavy atom. The molecule has 0 aliphatic carbocycles. The van der Waals surface area contributed by atoms with Gasteiger partial charge >= 0.3 is 0 Å². The number of hydrazine groups is 1. The molecule has 2 fully saturated rings. The third-order valence-electron chi connectivity index (χ3n) is 4.89. The van der Waals surface area contributed by atoms with Crippen molar-refractivity contribution in [1.29, 1.82) is 0 Å². The third-order valence-corrected chi connectivity index (χ3v) is 4.89. The lowest BCUT2D eigenvalue weighted by molar-refractivity contribution is -0.136. The Bertz CT molecular complexity index is 571. The van der Waals surface area contributed by atoms with Crippen LogP contribution in [0.3, 0.4) is 0 Å². The quantitative estimate of drug-likeness (QED) is 0.857. The summed E-state index contributed by atoms with van der Waals surface area (Å²) in [5.74, 6) is 0.432. The van der Waals surface area contributed by atoms with Crippen LogP contribution in [-0.2, 0) is 9.53 Å². The van der Waals surface area contributed by atoms with Gasteiger partial charge in [0.2, 0.25) is 5.91 Å². The molecule has 5 nitrogen and oxygen atoms in total. The number of piperidine rings is 1. The Hall–Kier alpha value is -1.50. The van der Waals surface area contributed by atoms with Crippen LogP contribution in [0, 0.1) is 11.7 Å². The molecule has 0 saturated carbocycles. The second kappa shape index (κ2) is 8.25. The molecule has 0 aromatic heterocycles. The van der Waals surface area contributed by atoms with Crippen molar-refractivity contribution in [3.63, 3.8) is 0 Å². The Morgan fingerprint density at radius 2 is 1.92 bits per heavy atom. The van der Waals surface area contributed by atoms with E-state index in [0.29, 0.717) is 12.3 Å². The first-order valence-electron chi connectivity index (χ1n) is 9.20. The third kappa shape index (κ3) is 4.77. The molecule has 1 aromatic carbocycles. The molecule has 1 aromatic rings. The minimum Gasteiger partial charge on any atom is -0.378 e. The topological polar surface area (TPSA) is 53.6 Å². The number of benzene rings is 1. The van der Waals surface area contributed by atoms with E-state index in [0.717, 1.165) is 38.1 Å². The fraction of sp³-hybridized carbons (Fsp3) is 0.632. The zero-order valence-corrected chi connectivity index (χ0v) is 15.0. The van der Waals surface area contributed by atoms with E-state index in [1.54, 1.807) is 12.1 Å². The first kappa shape index (κ1) is 18.3. The zero-order valence-electron chi connectivity index (χ0n) is 15.0. The number of carbonyl (C=O) groups is 1. The maximum atomic E-state index is 13.0. The highest BCUT2D eigenvalue weighted by Gasteiger charge is 2.34. The van der Waals surface area contributed by atoms with Crippen LogP contribution in [0.1, 0.15) is 44.7 Å². The number of ether oxygens (including phenoxy) is 1. The van der Waals surface area contributed by atoms with Crippen molar-refractivity contribution in [2.24, 2.45) is 5.92 Å². The predicted octanol–water partition coefficient (Wildman–Crippen LogP) is 2.40. The standard InChI is InChI=1S/C19H28FN3O2/c1-13(2)12-25-16-7-9-23(10-8-16)19(24)18-11-17(21-22-18)14-3-5-15(20)6-4-14/h3-6,13,16-18,21-22H,7-12H2,1-2H3. The molecule has 2 heterocycles. The summed E-state index contributed by atoms with van der Waals surface area (Å²) >= 11 is 0. The summed E-state index contributed by atoms with van der Waals surface area (Å²) in [4.78, 5) is 14.7. The van der Waals surface area contributed by atoms with E-state index in [2.05, 4.69) is 24.7 Å². The lowest BCUT2D eigenvalue weighted by atomic mass is 10.0. The van der Waals surface area contributed by atoms with Gasteiger partial charge in [-0.2, -0.15) is 0 Å². The van der Waals surface area contributed by atoms with Gasteiger partial charge in [-0.25, -0.2) is 15.2 Å². The highest BCUT2D eigenvalue weighted by Crippen LogP contribution is 2.24. The van der Waals surface area contributed by atoms with E-state index in [9.17, 15) is 9.18 Å². The second-order valence-corrected chi connectivity index (χ2v) is 7.43. The first-order chi connectivity index (χ1) is 12.0. The van der Waals surface area contributed by atoms with Crippen LogP contribution in [0.4, 0.5) is 4.39 Å². The number of likely N-dealkylation sites (tertiary alicyclic amines) is 1. The summed E-state index contributed by atoms with van der Waals surface area (Å²) in [7, 11) is 0. The van der Waals surface area contributed by atoms with Gasteiger partial charge in [0.1, 0.15) is 11.9 Å². The first-order valence-corrected chi connectivity index (χ1v) is 9.20. The Balaban J connectivity index is 1.47. The van der Waals surface area contributed by atoms with Crippen molar-refractivity contribution < 1.29 is 13.9 Å². The molecule has 2 unspecified atom stereocenters. The smallest absolute Gasteiger partial charge is 0.241 e. The van der Waals surface area contributed by atoms with Crippen LogP contribution in [-0.4, -0.2) is 42.6 Å². The van der Waals surface area contributed by atoms with Crippen LogP contribution in [0.5, 0.6) is 0 Å². The van der Waals surface area contributed by atoms with Crippen molar-refractivity contribution >= 4 is 5.91 Å². The van der Waals surface area contributed by atoms with Crippen molar-refractivity contribution in [2.45, 2.75) is 51.3 Å². The van der Waals surface area contributed by atoms with E-state index in [4.69, 9.17) is 4.74 Å². The van der Waals surface area contributed by atoms with Gasteiger partial charge in [-0.15, -0.1) is 0 Å². The Morgan fingerprint density at radius 1 is 1.24 bits per heavy atom. The van der Waals surface area contributed by atoms with E-state index < -0.39 is 0 Å². The largest absolute Gasteiger partial charge is 0.378 e. The number of nitrogens with zero attached hydrogens (tertiary/aromatic N) is 1. The summed E-state index contributed by atoms with van der Waals surface area (Å²) < 4.78 is 18.9. The number of hydrogen-bond donors (Lipinski definition) is 2. The fourth-order valence-electron chi connectivity index (χ4n) is 3.42. The van der Waals surface area contributed by atoms with Gasteiger partial charge in [0.05, 0.1) is 6.10 Å². The van der Waals surface area contributed by atoms with Crippen molar-refractivity contribution in [1.82, 2.24) is 15.8 Å². The zero-order chi connectivity index (χ0) is 17.8. The predicted molar refractivity (Wildman–Crippen MR) is 94.2 cm³/mol. The maximum absolute atomic E-state index is 13.0. The monoisotopic (exact) mass is 349 g/mol. The van der Waals surface area contributed by atoms with Crippen LogP contribution in [0.25, 0.3) is 0 Å². The molecular formula is C19H28FN3O2. The van der Waals surface area contributed by atoms with Crippen molar-refractivity contribution in [3.05, 3.63) is 35.6 Å². The van der Waals surface area contributed by atoms with Gasteiger partial charge < -0.3 is 9.64 Å². The molecule has 0 radical (unpaired) electrons. The molecule has 2 aliphatic rings. The van der Waals surface area contributed by atoms with E-state index >= 15 is 0 Å². The maximum Gasteiger partial charge on any atom is 0.241 e. The molecule has 2 atom stereocenters. The van der Waals surface area contributed by atoms with Gasteiger partial charge in [0, 0.05) is 25.7 Å². The summed E-state index contributed by atoms with van der Waals surface area (Å²) in [6.07, 6.45) is 2.75. The highest BCUT2D eigenvalue weighted by atomic mass is 19.1. The number of rotatable bonds is 5. The number of halogens is 1. The lowest BCUT2D eigenvalue weighted by Gasteiger charge is -2.33. The molecular weight excluding hydrogens is 321 g/mol. The molecule has 3 rings (SSSR count). The van der Waals surface area contributed by atoms with Crippen LogP contribution in [0.2, 0.25) is 0 Å². The lowest BCUT2D eigenvalue weighted by Crippen LogP contribution is -2.49. The minimum atomic E-state index is -0.245. The summed E-state index contributed by atoms with van der Waals surface area (Å²) in [6, 6.07) is 6.23. The number of hydrogen-bond acceptors (Lipinski definition) is 4.